The summed E-state index contributed by atoms with van der Waals surface area (Å²) >= 11 is 0. The van der Waals surface area contributed by atoms with Gasteiger partial charge < -0.3 is 4.12 Å². The molecule has 1 nitrogen and oxygen atoms in total. The van der Waals surface area contributed by atoms with Crippen LogP contribution in [0.5, 0.6) is 0 Å². The van der Waals surface area contributed by atoms with Crippen molar-refractivity contribution in [1.29, 1.82) is 0 Å². The van der Waals surface area contributed by atoms with Crippen molar-refractivity contribution in [3.05, 3.63) is 0 Å². The van der Waals surface area contributed by atoms with Gasteiger partial charge in [0.2, 0.25) is 0 Å². The molecule has 0 spiro atoms. The van der Waals surface area contributed by atoms with E-state index in [-0.39, 0.29) is 0 Å². The van der Waals surface area contributed by atoms with Crippen LogP contribution >= 0.6 is 0 Å². The third-order valence-electron chi connectivity index (χ3n) is 5.56. The Morgan fingerprint density at radius 3 is 1.29 bits per heavy atom. The van der Waals surface area contributed by atoms with Gasteiger partial charge in [0.25, 0.3) is 0 Å². The minimum atomic E-state index is -1.45. The number of hydrogen-bond donors (Lipinski definition) is 0. The van der Waals surface area contributed by atoms with E-state index in [0.717, 1.165) is 11.8 Å². The maximum absolute atomic E-state index is 6.91. The first-order valence-corrected chi connectivity index (χ1v) is 15.8. The molecule has 0 N–H and O–H groups in total. The van der Waals surface area contributed by atoms with E-state index in [1.165, 1.54) is 76.3 Å². The standard InChI is InChI=1S/C18H38OSi2/c1-20(2,15-17-11-7-5-8-12-17)19-21(3,4)16-18-13-9-6-10-14-18/h17-18H,5-16H2,1-4H3. The molecular weight excluding hydrogens is 288 g/mol. The second kappa shape index (κ2) is 7.78. The lowest BCUT2D eigenvalue weighted by molar-refractivity contribution is 0.359. The summed E-state index contributed by atoms with van der Waals surface area (Å²) < 4.78 is 6.91. The van der Waals surface area contributed by atoms with E-state index >= 15 is 0 Å². The molecule has 2 fully saturated rings. The quantitative estimate of drug-likeness (QED) is 0.501. The molecule has 124 valence electrons. The van der Waals surface area contributed by atoms with E-state index in [0.29, 0.717) is 0 Å². The third kappa shape index (κ3) is 6.58. The molecule has 0 aromatic rings. The lowest BCUT2D eigenvalue weighted by Crippen LogP contribution is -2.46. The van der Waals surface area contributed by atoms with Gasteiger partial charge in [-0.15, -0.1) is 0 Å². The summed E-state index contributed by atoms with van der Waals surface area (Å²) in [6, 6.07) is 2.85. The van der Waals surface area contributed by atoms with Crippen LogP contribution in [-0.2, 0) is 4.12 Å². The maximum Gasteiger partial charge on any atom is 0.173 e. The van der Waals surface area contributed by atoms with Gasteiger partial charge in [0, 0.05) is 0 Å². The first kappa shape index (κ1) is 17.7. The summed E-state index contributed by atoms with van der Waals surface area (Å²) in [7, 11) is -2.90. The summed E-state index contributed by atoms with van der Waals surface area (Å²) in [6.07, 6.45) is 14.7. The lowest BCUT2D eigenvalue weighted by atomic mass is 9.91. The Morgan fingerprint density at radius 2 is 0.952 bits per heavy atom. The Labute approximate surface area is 135 Å². The van der Waals surface area contributed by atoms with Crippen LogP contribution in [0.4, 0.5) is 0 Å². The summed E-state index contributed by atoms with van der Waals surface area (Å²) in [5.74, 6) is 1.97. The van der Waals surface area contributed by atoms with Gasteiger partial charge >= 0.3 is 0 Å². The smallest absolute Gasteiger partial charge is 0.173 e. The van der Waals surface area contributed by atoms with E-state index in [9.17, 15) is 0 Å². The molecule has 0 unspecified atom stereocenters. The highest BCUT2D eigenvalue weighted by molar-refractivity contribution is 6.84. The van der Waals surface area contributed by atoms with Crippen molar-refractivity contribution in [2.45, 2.75) is 102 Å². The fraction of sp³-hybridized carbons (Fsp3) is 1.00. The topological polar surface area (TPSA) is 9.23 Å². The molecule has 0 aromatic carbocycles. The second-order valence-electron chi connectivity index (χ2n) is 9.04. The molecule has 3 heteroatoms. The average molecular weight is 327 g/mol. The summed E-state index contributed by atoms with van der Waals surface area (Å²) in [4.78, 5) is 0. The van der Waals surface area contributed by atoms with E-state index in [1.54, 1.807) is 0 Å². The van der Waals surface area contributed by atoms with E-state index in [1.807, 2.05) is 0 Å². The monoisotopic (exact) mass is 326 g/mol. The number of hydrogen-bond acceptors (Lipinski definition) is 1. The fourth-order valence-electron chi connectivity index (χ4n) is 5.00. The van der Waals surface area contributed by atoms with Crippen molar-refractivity contribution in [3.63, 3.8) is 0 Å². The predicted octanol–water partition coefficient (Wildman–Crippen LogP) is 6.57. The van der Waals surface area contributed by atoms with Gasteiger partial charge in [-0.1, -0.05) is 64.2 Å². The van der Waals surface area contributed by atoms with Crippen LogP contribution in [0.25, 0.3) is 0 Å². The molecule has 0 atom stereocenters. The highest BCUT2D eigenvalue weighted by Gasteiger charge is 2.36. The zero-order chi connectivity index (χ0) is 15.3. The Balaban J connectivity index is 1.81. The van der Waals surface area contributed by atoms with Crippen molar-refractivity contribution in [2.24, 2.45) is 11.8 Å². The zero-order valence-electron chi connectivity index (χ0n) is 15.0. The van der Waals surface area contributed by atoms with Crippen molar-refractivity contribution in [2.75, 3.05) is 0 Å². The first-order valence-electron chi connectivity index (χ1n) is 9.56. The second-order valence-corrected chi connectivity index (χ2v) is 17.7. The van der Waals surface area contributed by atoms with E-state index < -0.39 is 16.6 Å². The summed E-state index contributed by atoms with van der Waals surface area (Å²) in [5, 5.41) is 0. The minimum absolute atomic E-state index is 0.986. The van der Waals surface area contributed by atoms with Gasteiger partial charge in [0.05, 0.1) is 0 Å². The molecule has 0 aromatic heterocycles. The van der Waals surface area contributed by atoms with Gasteiger partial charge in [-0.3, -0.25) is 0 Å². The van der Waals surface area contributed by atoms with Gasteiger partial charge in [-0.25, -0.2) is 0 Å². The molecule has 21 heavy (non-hydrogen) atoms. The van der Waals surface area contributed by atoms with Crippen LogP contribution in [0.2, 0.25) is 38.3 Å². The predicted molar refractivity (Wildman–Crippen MR) is 98.8 cm³/mol. The fourth-order valence-corrected chi connectivity index (χ4v) is 15.3. The molecule has 0 radical (unpaired) electrons. The Kier molecular flexibility index (Phi) is 6.58. The molecule has 2 rings (SSSR count). The Bertz CT molecular complexity index is 272. The van der Waals surface area contributed by atoms with Gasteiger partial charge in [0.1, 0.15) is 0 Å². The maximum atomic E-state index is 6.91. The molecule has 2 aliphatic rings. The normalized spacial score (nSPS) is 23.4. The minimum Gasteiger partial charge on any atom is -0.455 e. The van der Waals surface area contributed by atoms with Crippen LogP contribution < -0.4 is 0 Å². The highest BCUT2D eigenvalue weighted by atomic mass is 28.4. The Hall–Kier alpha value is 0.394. The molecule has 0 amide bonds. The van der Waals surface area contributed by atoms with Gasteiger partial charge in [0.15, 0.2) is 16.6 Å². The molecular formula is C18H38OSi2. The van der Waals surface area contributed by atoms with Crippen molar-refractivity contribution in [1.82, 2.24) is 0 Å². The van der Waals surface area contributed by atoms with Gasteiger partial charge in [-0.2, -0.15) is 0 Å². The average Bonchev–Trinajstić information content (AvgIpc) is 2.38. The summed E-state index contributed by atoms with van der Waals surface area (Å²) in [5.41, 5.74) is 0. The molecule has 0 saturated heterocycles. The largest absolute Gasteiger partial charge is 0.455 e. The Morgan fingerprint density at radius 1 is 0.619 bits per heavy atom. The van der Waals surface area contributed by atoms with Crippen molar-refractivity contribution < 1.29 is 4.12 Å². The molecule has 2 saturated carbocycles. The van der Waals surface area contributed by atoms with Crippen molar-refractivity contribution >= 4 is 16.6 Å². The van der Waals surface area contributed by atoms with Crippen molar-refractivity contribution in [3.8, 4) is 0 Å². The van der Waals surface area contributed by atoms with Crippen LogP contribution in [0, 0.1) is 11.8 Å². The third-order valence-corrected chi connectivity index (χ3v) is 13.1. The van der Waals surface area contributed by atoms with Crippen LogP contribution in [0.1, 0.15) is 64.2 Å². The molecule has 0 heterocycles. The molecule has 0 aliphatic heterocycles. The highest BCUT2D eigenvalue weighted by Crippen LogP contribution is 2.36. The summed E-state index contributed by atoms with van der Waals surface area (Å²) in [6.45, 7) is 9.99. The zero-order valence-corrected chi connectivity index (χ0v) is 17.0. The van der Waals surface area contributed by atoms with Crippen LogP contribution in [0.3, 0.4) is 0 Å². The van der Waals surface area contributed by atoms with E-state index in [2.05, 4.69) is 26.2 Å². The van der Waals surface area contributed by atoms with Crippen LogP contribution in [0.15, 0.2) is 0 Å². The molecule has 0 bridgehead atoms. The van der Waals surface area contributed by atoms with E-state index in [4.69, 9.17) is 4.12 Å². The lowest BCUT2D eigenvalue weighted by Gasteiger charge is -2.39. The van der Waals surface area contributed by atoms with Crippen LogP contribution in [-0.4, -0.2) is 16.6 Å². The van der Waals surface area contributed by atoms with Gasteiger partial charge in [-0.05, 0) is 50.1 Å². The SMILES string of the molecule is C[Si](C)(CC1CCCCC1)O[Si](C)(C)CC1CCCCC1. The first-order chi connectivity index (χ1) is 9.86. The molecule has 2 aliphatic carbocycles. The number of rotatable bonds is 6.